The molecule has 0 unspecified atom stereocenters. The first-order valence-corrected chi connectivity index (χ1v) is 6.28. The van der Waals surface area contributed by atoms with E-state index in [0.29, 0.717) is 10.0 Å². The molecule has 76 valence electrons. The van der Waals surface area contributed by atoms with Crippen LogP contribution >= 0.6 is 45.8 Å². The third-order valence-electron chi connectivity index (χ3n) is 2.17. The SMILES string of the molecule is Clc1ccc(OCC2CC2)c(Cl)c1I. The van der Waals surface area contributed by atoms with Gasteiger partial charge in [-0.15, -0.1) is 0 Å². The van der Waals surface area contributed by atoms with Crippen LogP contribution in [0.25, 0.3) is 0 Å². The summed E-state index contributed by atoms with van der Waals surface area (Å²) in [6, 6.07) is 3.65. The van der Waals surface area contributed by atoms with Gasteiger partial charge in [-0.1, -0.05) is 23.2 Å². The summed E-state index contributed by atoms with van der Waals surface area (Å²) in [6.45, 7) is 0.775. The smallest absolute Gasteiger partial charge is 0.139 e. The summed E-state index contributed by atoms with van der Waals surface area (Å²) in [5.74, 6) is 1.48. The molecule has 14 heavy (non-hydrogen) atoms. The second kappa shape index (κ2) is 4.45. The Hall–Kier alpha value is 0.330. The van der Waals surface area contributed by atoms with Crippen molar-refractivity contribution >= 4 is 45.8 Å². The van der Waals surface area contributed by atoms with Gasteiger partial charge in [0.2, 0.25) is 0 Å². The molecule has 0 N–H and O–H groups in total. The summed E-state index contributed by atoms with van der Waals surface area (Å²) in [5.41, 5.74) is 0. The first kappa shape index (κ1) is 10.8. The van der Waals surface area contributed by atoms with Crippen molar-refractivity contribution in [2.45, 2.75) is 12.8 Å². The highest BCUT2D eigenvalue weighted by molar-refractivity contribution is 14.1. The molecule has 4 heteroatoms. The maximum absolute atomic E-state index is 6.09. The lowest BCUT2D eigenvalue weighted by molar-refractivity contribution is 0.300. The second-order valence-electron chi connectivity index (χ2n) is 3.43. The predicted molar refractivity (Wildman–Crippen MR) is 67.4 cm³/mol. The molecule has 0 bridgehead atoms. The Kier molecular flexibility index (Phi) is 3.45. The standard InChI is InChI=1S/C10H9Cl2IO/c11-7-3-4-8(9(12)10(7)13)14-5-6-1-2-6/h3-4,6H,1-2,5H2. The Morgan fingerprint density at radius 2 is 2.07 bits per heavy atom. The van der Waals surface area contributed by atoms with E-state index in [-0.39, 0.29) is 0 Å². The van der Waals surface area contributed by atoms with Crippen LogP contribution in [0.4, 0.5) is 0 Å². The van der Waals surface area contributed by atoms with Gasteiger partial charge < -0.3 is 4.74 Å². The number of halogens is 3. The van der Waals surface area contributed by atoms with Gasteiger partial charge in [-0.2, -0.15) is 0 Å². The van der Waals surface area contributed by atoms with Crippen LogP contribution in [0.1, 0.15) is 12.8 Å². The van der Waals surface area contributed by atoms with Crippen molar-refractivity contribution < 1.29 is 4.74 Å². The summed E-state index contributed by atoms with van der Waals surface area (Å²) in [4.78, 5) is 0. The van der Waals surface area contributed by atoms with Gasteiger partial charge in [-0.3, -0.25) is 0 Å². The van der Waals surface area contributed by atoms with Gasteiger partial charge in [-0.25, -0.2) is 0 Å². The second-order valence-corrected chi connectivity index (χ2v) is 5.29. The van der Waals surface area contributed by atoms with E-state index in [9.17, 15) is 0 Å². The van der Waals surface area contributed by atoms with E-state index < -0.39 is 0 Å². The molecule has 0 heterocycles. The van der Waals surface area contributed by atoms with Gasteiger partial charge in [0, 0.05) is 0 Å². The average Bonchev–Trinajstić information content (AvgIpc) is 2.97. The van der Waals surface area contributed by atoms with E-state index in [2.05, 4.69) is 22.6 Å². The lowest BCUT2D eigenvalue weighted by Crippen LogP contribution is -1.99. The molecular weight excluding hydrogens is 334 g/mol. The quantitative estimate of drug-likeness (QED) is 0.585. The molecule has 1 nitrogen and oxygen atoms in total. The third kappa shape index (κ3) is 2.47. The minimum Gasteiger partial charge on any atom is -0.492 e. The van der Waals surface area contributed by atoms with Crippen molar-refractivity contribution in [2.75, 3.05) is 6.61 Å². The third-order valence-corrected chi connectivity index (χ3v) is 4.62. The van der Waals surface area contributed by atoms with Crippen molar-refractivity contribution in [3.63, 3.8) is 0 Å². The summed E-state index contributed by atoms with van der Waals surface area (Å²) < 4.78 is 6.46. The largest absolute Gasteiger partial charge is 0.492 e. The van der Waals surface area contributed by atoms with Gasteiger partial charge in [0.15, 0.2) is 0 Å². The molecule has 0 spiro atoms. The maximum atomic E-state index is 6.09. The van der Waals surface area contributed by atoms with Crippen LogP contribution in [0.15, 0.2) is 12.1 Å². The number of benzene rings is 1. The first-order valence-electron chi connectivity index (χ1n) is 4.45. The fraction of sp³-hybridized carbons (Fsp3) is 0.400. The molecule has 1 fully saturated rings. The summed E-state index contributed by atoms with van der Waals surface area (Å²) >= 11 is 14.1. The minimum atomic E-state index is 0.624. The van der Waals surface area contributed by atoms with Gasteiger partial charge >= 0.3 is 0 Å². The molecule has 0 aliphatic heterocycles. The Morgan fingerprint density at radius 3 is 2.71 bits per heavy atom. The Labute approximate surface area is 107 Å². The molecule has 0 aromatic heterocycles. The molecular formula is C10H9Cl2IO. The molecule has 0 atom stereocenters. The molecule has 0 saturated heterocycles. The maximum Gasteiger partial charge on any atom is 0.139 e. The lowest BCUT2D eigenvalue weighted by Gasteiger charge is -2.09. The highest BCUT2D eigenvalue weighted by atomic mass is 127. The minimum absolute atomic E-state index is 0.624. The topological polar surface area (TPSA) is 9.23 Å². The van der Waals surface area contributed by atoms with E-state index >= 15 is 0 Å². The molecule has 1 saturated carbocycles. The van der Waals surface area contributed by atoms with Crippen LogP contribution in [0.3, 0.4) is 0 Å². The normalized spacial score (nSPS) is 15.6. The Morgan fingerprint density at radius 1 is 1.36 bits per heavy atom. The van der Waals surface area contributed by atoms with E-state index in [1.807, 2.05) is 12.1 Å². The number of rotatable bonds is 3. The predicted octanol–water partition coefficient (Wildman–Crippen LogP) is 4.39. The van der Waals surface area contributed by atoms with E-state index in [1.54, 1.807) is 0 Å². The zero-order valence-corrected chi connectivity index (χ0v) is 11.1. The van der Waals surface area contributed by atoms with Crippen molar-refractivity contribution in [3.05, 3.63) is 25.7 Å². The number of ether oxygens (including phenoxy) is 1. The molecule has 1 aromatic carbocycles. The zero-order valence-electron chi connectivity index (χ0n) is 7.40. The van der Waals surface area contributed by atoms with Crippen LogP contribution in [0, 0.1) is 9.49 Å². The molecule has 1 aliphatic rings. The Balaban J connectivity index is 2.11. The van der Waals surface area contributed by atoms with Crippen LogP contribution in [0.5, 0.6) is 5.75 Å². The lowest BCUT2D eigenvalue weighted by atomic mass is 10.3. The van der Waals surface area contributed by atoms with Gasteiger partial charge in [-0.05, 0) is 53.5 Å². The molecule has 2 rings (SSSR count). The van der Waals surface area contributed by atoms with Crippen LogP contribution in [-0.2, 0) is 0 Å². The van der Waals surface area contributed by atoms with Crippen LogP contribution in [0.2, 0.25) is 10.0 Å². The first-order chi connectivity index (χ1) is 6.68. The summed E-state index contributed by atoms with van der Waals surface area (Å²) in [7, 11) is 0. The molecule has 1 aromatic rings. The fourth-order valence-electron chi connectivity index (χ4n) is 1.11. The summed E-state index contributed by atoms with van der Waals surface area (Å²) in [6.07, 6.45) is 2.56. The van der Waals surface area contributed by atoms with Crippen molar-refractivity contribution in [1.29, 1.82) is 0 Å². The number of hydrogen-bond acceptors (Lipinski definition) is 1. The van der Waals surface area contributed by atoms with Crippen molar-refractivity contribution in [1.82, 2.24) is 0 Å². The van der Waals surface area contributed by atoms with E-state index in [1.165, 1.54) is 12.8 Å². The fourth-order valence-corrected chi connectivity index (χ4v) is 1.98. The molecule has 1 aliphatic carbocycles. The van der Waals surface area contributed by atoms with Gasteiger partial charge in [0.05, 0.1) is 20.2 Å². The van der Waals surface area contributed by atoms with Crippen molar-refractivity contribution in [2.24, 2.45) is 5.92 Å². The monoisotopic (exact) mass is 342 g/mol. The highest BCUT2D eigenvalue weighted by Gasteiger charge is 2.22. The molecule has 0 radical (unpaired) electrons. The van der Waals surface area contributed by atoms with Crippen LogP contribution in [-0.4, -0.2) is 6.61 Å². The summed E-state index contributed by atoms with van der Waals surface area (Å²) in [5, 5.41) is 1.30. The molecule has 0 amide bonds. The zero-order chi connectivity index (χ0) is 10.1. The van der Waals surface area contributed by atoms with Gasteiger partial charge in [0.25, 0.3) is 0 Å². The highest BCUT2D eigenvalue weighted by Crippen LogP contribution is 2.36. The van der Waals surface area contributed by atoms with Crippen LogP contribution < -0.4 is 4.74 Å². The van der Waals surface area contributed by atoms with Crippen molar-refractivity contribution in [3.8, 4) is 5.75 Å². The van der Waals surface area contributed by atoms with Gasteiger partial charge in [0.1, 0.15) is 5.75 Å². The number of hydrogen-bond donors (Lipinski definition) is 0. The van der Waals surface area contributed by atoms with E-state index in [4.69, 9.17) is 27.9 Å². The Bertz CT molecular complexity index is 350. The van der Waals surface area contributed by atoms with E-state index in [0.717, 1.165) is 21.8 Å². The average molecular weight is 343 g/mol.